The van der Waals surface area contributed by atoms with Gasteiger partial charge in [-0.25, -0.2) is 0 Å². The number of hydrogen-bond donors (Lipinski definition) is 3. The van der Waals surface area contributed by atoms with Gasteiger partial charge in [0.05, 0.1) is 0 Å². The van der Waals surface area contributed by atoms with E-state index < -0.39 is 13.4 Å². The van der Waals surface area contributed by atoms with Crippen molar-refractivity contribution in [3.63, 3.8) is 0 Å². The van der Waals surface area contributed by atoms with Gasteiger partial charge in [-0.15, -0.1) is 11.3 Å². The number of nitrogens with two attached hydrogens (primary N) is 1. The van der Waals surface area contributed by atoms with Crippen molar-refractivity contribution in [2.24, 2.45) is 5.73 Å². The molecule has 1 aromatic heterocycles. The molecule has 1 heterocycles. The van der Waals surface area contributed by atoms with E-state index in [1.807, 2.05) is 0 Å². The quantitative estimate of drug-likeness (QED) is 0.609. The van der Waals surface area contributed by atoms with E-state index in [4.69, 9.17) is 15.5 Å². The molecule has 6 heteroatoms. The van der Waals surface area contributed by atoms with E-state index in [1.54, 1.807) is 17.5 Å². The molecule has 1 rings (SSSR count). The fourth-order valence-electron chi connectivity index (χ4n) is 0.625. The Balaban J connectivity index is 2.87. The Labute approximate surface area is 67.8 Å². The third-order valence-corrected chi connectivity index (χ3v) is 3.33. The third-order valence-electron chi connectivity index (χ3n) is 1.20. The predicted molar refractivity (Wildman–Crippen MR) is 43.3 cm³/mol. The molecule has 1 aromatic rings. The fourth-order valence-corrected chi connectivity index (χ4v) is 2.25. The zero-order valence-corrected chi connectivity index (χ0v) is 7.26. The van der Waals surface area contributed by atoms with E-state index in [0.29, 0.717) is 4.88 Å². The lowest BCUT2D eigenvalue weighted by Crippen LogP contribution is -2.08. The van der Waals surface area contributed by atoms with Gasteiger partial charge in [0.15, 0.2) is 0 Å². The summed E-state index contributed by atoms with van der Waals surface area (Å²) in [7, 11) is -4.16. The van der Waals surface area contributed by atoms with Crippen molar-refractivity contribution < 1.29 is 14.4 Å². The van der Waals surface area contributed by atoms with Crippen LogP contribution in [0.15, 0.2) is 17.5 Å². The Morgan fingerprint density at radius 2 is 2.27 bits per heavy atom. The molecule has 0 aromatic carbocycles. The second-order valence-corrected chi connectivity index (χ2v) is 4.76. The van der Waals surface area contributed by atoms with Gasteiger partial charge < -0.3 is 15.5 Å². The van der Waals surface area contributed by atoms with Gasteiger partial charge in [-0.2, -0.15) is 0 Å². The van der Waals surface area contributed by atoms with Crippen LogP contribution in [0, 0.1) is 0 Å². The third kappa shape index (κ3) is 2.12. The molecule has 0 radical (unpaired) electrons. The highest BCUT2D eigenvalue weighted by Crippen LogP contribution is 2.49. The molecule has 0 aliphatic heterocycles. The van der Waals surface area contributed by atoms with Crippen molar-refractivity contribution in [2.45, 2.75) is 5.78 Å². The van der Waals surface area contributed by atoms with Crippen molar-refractivity contribution in [2.75, 3.05) is 0 Å². The average molecular weight is 193 g/mol. The highest BCUT2D eigenvalue weighted by atomic mass is 32.1. The summed E-state index contributed by atoms with van der Waals surface area (Å²) < 4.78 is 10.6. The Morgan fingerprint density at radius 3 is 2.64 bits per heavy atom. The standard InChI is InChI=1S/C5H8NO3PS/c6-5(10(7,8)9)4-2-1-3-11-4/h1-3,5H,6H2,(H2,7,8,9). The lowest BCUT2D eigenvalue weighted by atomic mass is 10.5. The molecule has 4 N–H and O–H groups in total. The van der Waals surface area contributed by atoms with Crippen LogP contribution >= 0.6 is 18.9 Å². The summed E-state index contributed by atoms with van der Waals surface area (Å²) in [5.74, 6) is -1.16. The fraction of sp³-hybridized carbons (Fsp3) is 0.200. The SMILES string of the molecule is NC(c1cccs1)P(=O)(O)O. The smallest absolute Gasteiger partial charge is 0.323 e. The van der Waals surface area contributed by atoms with Crippen molar-refractivity contribution in [1.82, 2.24) is 0 Å². The van der Waals surface area contributed by atoms with Crippen LogP contribution in [0.1, 0.15) is 10.7 Å². The highest BCUT2D eigenvalue weighted by Gasteiger charge is 2.26. The minimum Gasteiger partial charge on any atom is -0.323 e. The minimum absolute atomic E-state index is 0.512. The first-order valence-electron chi connectivity index (χ1n) is 2.86. The zero-order chi connectivity index (χ0) is 8.48. The molecule has 1 atom stereocenters. The summed E-state index contributed by atoms with van der Waals surface area (Å²) in [6.45, 7) is 0. The molecule has 0 bridgehead atoms. The lowest BCUT2D eigenvalue weighted by Gasteiger charge is -2.10. The van der Waals surface area contributed by atoms with E-state index in [-0.39, 0.29) is 0 Å². The molecular weight excluding hydrogens is 185 g/mol. The molecule has 0 saturated heterocycles. The second kappa shape index (κ2) is 3.05. The Morgan fingerprint density at radius 1 is 1.64 bits per heavy atom. The molecule has 1 unspecified atom stereocenters. The summed E-state index contributed by atoms with van der Waals surface area (Å²) in [5.41, 5.74) is 5.26. The van der Waals surface area contributed by atoms with E-state index >= 15 is 0 Å². The van der Waals surface area contributed by atoms with E-state index in [1.165, 1.54) is 11.3 Å². The highest BCUT2D eigenvalue weighted by molar-refractivity contribution is 7.52. The predicted octanol–water partition coefficient (Wildman–Crippen LogP) is 0.883. The van der Waals surface area contributed by atoms with Gasteiger partial charge >= 0.3 is 7.60 Å². The normalized spacial score (nSPS) is 14.8. The Hall–Kier alpha value is -0.190. The molecule has 11 heavy (non-hydrogen) atoms. The summed E-state index contributed by atoms with van der Waals surface area (Å²) in [5, 5.41) is 1.73. The van der Waals surface area contributed by atoms with Gasteiger partial charge in [0.25, 0.3) is 0 Å². The van der Waals surface area contributed by atoms with Crippen LogP contribution in [0.2, 0.25) is 0 Å². The number of thiophene rings is 1. The lowest BCUT2D eigenvalue weighted by molar-refractivity contribution is 0.360. The Bertz CT molecular complexity index is 267. The first-order chi connectivity index (χ1) is 5.02. The zero-order valence-electron chi connectivity index (χ0n) is 5.54. The molecule has 4 nitrogen and oxygen atoms in total. The van der Waals surface area contributed by atoms with Gasteiger partial charge in [-0.3, -0.25) is 4.57 Å². The number of rotatable bonds is 2. The van der Waals surface area contributed by atoms with Crippen LogP contribution in [-0.2, 0) is 4.57 Å². The van der Waals surface area contributed by atoms with Crippen molar-refractivity contribution in [1.29, 1.82) is 0 Å². The van der Waals surface area contributed by atoms with Crippen LogP contribution in [-0.4, -0.2) is 9.79 Å². The summed E-state index contributed by atoms with van der Waals surface area (Å²) in [6.07, 6.45) is 0. The van der Waals surface area contributed by atoms with Gasteiger partial charge in [-0.05, 0) is 11.4 Å². The molecule has 0 saturated carbocycles. The first-order valence-corrected chi connectivity index (χ1v) is 5.42. The molecule has 0 fully saturated rings. The summed E-state index contributed by atoms with van der Waals surface area (Å²) in [6, 6.07) is 3.31. The topological polar surface area (TPSA) is 83.6 Å². The molecule has 0 spiro atoms. The van der Waals surface area contributed by atoms with E-state index in [2.05, 4.69) is 0 Å². The molecule has 0 aliphatic rings. The van der Waals surface area contributed by atoms with Crippen molar-refractivity contribution in [3.8, 4) is 0 Å². The maximum atomic E-state index is 10.6. The molecule has 62 valence electrons. The minimum atomic E-state index is -4.16. The maximum Gasteiger partial charge on any atom is 0.347 e. The van der Waals surface area contributed by atoms with Crippen LogP contribution in [0.5, 0.6) is 0 Å². The van der Waals surface area contributed by atoms with Crippen molar-refractivity contribution >= 4 is 18.9 Å². The molecular formula is C5H8NO3PS. The van der Waals surface area contributed by atoms with Gasteiger partial charge in [-0.1, -0.05) is 6.07 Å². The van der Waals surface area contributed by atoms with Crippen LogP contribution in [0.3, 0.4) is 0 Å². The van der Waals surface area contributed by atoms with E-state index in [9.17, 15) is 4.57 Å². The Kier molecular flexibility index (Phi) is 2.47. The maximum absolute atomic E-state index is 10.6. The van der Waals surface area contributed by atoms with Gasteiger partial charge in [0, 0.05) is 4.88 Å². The van der Waals surface area contributed by atoms with Gasteiger partial charge in [0.1, 0.15) is 5.78 Å². The summed E-state index contributed by atoms with van der Waals surface area (Å²) in [4.78, 5) is 17.8. The van der Waals surface area contributed by atoms with Crippen LogP contribution in [0.4, 0.5) is 0 Å². The monoisotopic (exact) mass is 193 g/mol. The summed E-state index contributed by atoms with van der Waals surface area (Å²) >= 11 is 1.24. The second-order valence-electron chi connectivity index (χ2n) is 2.05. The molecule has 0 amide bonds. The van der Waals surface area contributed by atoms with Crippen LogP contribution < -0.4 is 5.73 Å². The van der Waals surface area contributed by atoms with Crippen LogP contribution in [0.25, 0.3) is 0 Å². The van der Waals surface area contributed by atoms with Gasteiger partial charge in [0.2, 0.25) is 0 Å². The number of hydrogen-bond acceptors (Lipinski definition) is 3. The first kappa shape index (κ1) is 8.90. The van der Waals surface area contributed by atoms with Crippen molar-refractivity contribution in [3.05, 3.63) is 22.4 Å². The largest absolute Gasteiger partial charge is 0.347 e. The van der Waals surface area contributed by atoms with E-state index in [0.717, 1.165) is 0 Å². The average Bonchev–Trinajstić information content (AvgIpc) is 2.34. The molecule has 0 aliphatic carbocycles.